The largest absolute Gasteiger partial charge is 0.493 e. The fourth-order valence-electron chi connectivity index (χ4n) is 4.00. The molecule has 1 N–H and O–H groups in total. The van der Waals surface area contributed by atoms with Crippen LogP contribution in [0.1, 0.15) is 20.8 Å². The minimum atomic E-state index is 0.175. The first-order valence-corrected chi connectivity index (χ1v) is 10.7. The maximum absolute atomic E-state index is 13.1. The summed E-state index contributed by atoms with van der Waals surface area (Å²) in [5, 5.41) is 1.19. The van der Waals surface area contributed by atoms with Gasteiger partial charge in [0.2, 0.25) is 0 Å². The van der Waals surface area contributed by atoms with Gasteiger partial charge in [-0.05, 0) is 42.1 Å². The van der Waals surface area contributed by atoms with Crippen LogP contribution in [-0.4, -0.2) is 51.2 Å². The van der Waals surface area contributed by atoms with Crippen molar-refractivity contribution in [2.24, 2.45) is 0 Å². The third kappa shape index (κ3) is 3.95. The van der Waals surface area contributed by atoms with Gasteiger partial charge in [0.05, 0.1) is 45.3 Å². The van der Waals surface area contributed by atoms with Crippen LogP contribution in [0.5, 0.6) is 11.5 Å². The number of piperazine rings is 1. The number of amides is 1. The van der Waals surface area contributed by atoms with Crippen LogP contribution in [0, 0.1) is 6.92 Å². The SMILES string of the molecule is COc1ccc(C[NH+]2CCN(C(=O)c3sc4ccccc4c3C)CC2)cc1OC. The first kappa shape index (κ1) is 19.7. The molecule has 1 aromatic heterocycles. The average molecular weight is 412 g/mol. The van der Waals surface area contributed by atoms with Crippen LogP contribution in [0.2, 0.25) is 0 Å². The Bertz CT molecular complexity index is 1020. The normalized spacial score (nSPS) is 14.9. The third-order valence-electron chi connectivity index (χ3n) is 5.70. The monoisotopic (exact) mass is 411 g/mol. The zero-order valence-corrected chi connectivity index (χ0v) is 18.0. The van der Waals surface area contributed by atoms with E-state index in [-0.39, 0.29) is 5.91 Å². The molecule has 0 spiro atoms. The Labute approximate surface area is 175 Å². The van der Waals surface area contributed by atoms with Crippen molar-refractivity contribution in [3.05, 3.63) is 58.5 Å². The van der Waals surface area contributed by atoms with E-state index in [1.54, 1.807) is 25.6 Å². The highest BCUT2D eigenvalue weighted by Crippen LogP contribution is 2.31. The Balaban J connectivity index is 1.40. The van der Waals surface area contributed by atoms with Crippen LogP contribution < -0.4 is 14.4 Å². The summed E-state index contributed by atoms with van der Waals surface area (Å²) in [5.41, 5.74) is 2.33. The second-order valence-corrected chi connectivity index (χ2v) is 8.51. The highest BCUT2D eigenvalue weighted by molar-refractivity contribution is 7.21. The number of benzene rings is 2. The van der Waals surface area contributed by atoms with E-state index in [1.165, 1.54) is 20.5 Å². The van der Waals surface area contributed by atoms with E-state index in [0.717, 1.165) is 54.7 Å². The van der Waals surface area contributed by atoms with Crippen molar-refractivity contribution in [2.75, 3.05) is 40.4 Å². The number of thiophene rings is 1. The molecule has 152 valence electrons. The van der Waals surface area contributed by atoms with E-state index in [2.05, 4.69) is 25.1 Å². The maximum Gasteiger partial charge on any atom is 0.264 e. The minimum Gasteiger partial charge on any atom is -0.493 e. The van der Waals surface area contributed by atoms with Crippen molar-refractivity contribution in [1.82, 2.24) is 4.90 Å². The number of carbonyl (C=O) groups excluding carboxylic acids is 1. The molecule has 6 heteroatoms. The average Bonchev–Trinajstić information content (AvgIpc) is 3.10. The Morgan fingerprint density at radius 1 is 1.07 bits per heavy atom. The number of nitrogens with zero attached hydrogens (tertiary/aromatic N) is 1. The number of carbonyl (C=O) groups is 1. The molecule has 1 saturated heterocycles. The zero-order chi connectivity index (χ0) is 20.4. The van der Waals surface area contributed by atoms with Crippen molar-refractivity contribution in [3.63, 3.8) is 0 Å². The number of rotatable bonds is 5. The molecule has 0 unspecified atom stereocenters. The zero-order valence-electron chi connectivity index (χ0n) is 17.2. The van der Waals surface area contributed by atoms with Crippen molar-refractivity contribution < 1.29 is 19.2 Å². The summed E-state index contributed by atoms with van der Waals surface area (Å²) in [6.45, 7) is 6.45. The van der Waals surface area contributed by atoms with Crippen LogP contribution in [-0.2, 0) is 6.54 Å². The van der Waals surface area contributed by atoms with Crippen LogP contribution in [0.25, 0.3) is 10.1 Å². The number of hydrogen-bond donors (Lipinski definition) is 1. The van der Waals surface area contributed by atoms with Gasteiger partial charge >= 0.3 is 0 Å². The fourth-order valence-corrected chi connectivity index (χ4v) is 5.18. The van der Waals surface area contributed by atoms with Crippen molar-refractivity contribution in [2.45, 2.75) is 13.5 Å². The summed E-state index contributed by atoms with van der Waals surface area (Å²) >= 11 is 1.61. The number of nitrogens with one attached hydrogen (secondary N) is 1. The van der Waals surface area contributed by atoms with Crippen molar-refractivity contribution in [1.29, 1.82) is 0 Å². The molecule has 29 heavy (non-hydrogen) atoms. The van der Waals surface area contributed by atoms with Crippen molar-refractivity contribution >= 4 is 27.3 Å². The van der Waals surface area contributed by atoms with Crippen molar-refractivity contribution in [3.8, 4) is 11.5 Å². The molecule has 1 aliphatic rings. The number of aryl methyl sites for hydroxylation is 1. The van der Waals surface area contributed by atoms with Crippen LogP contribution in [0.4, 0.5) is 0 Å². The molecule has 0 atom stereocenters. The molecule has 1 fully saturated rings. The standard InChI is InChI=1S/C23H26N2O3S/c1-16-18-6-4-5-7-21(18)29-22(16)23(26)25-12-10-24(11-13-25)15-17-8-9-19(27-2)20(14-17)28-3/h4-9,14H,10-13,15H2,1-3H3/p+1. The first-order valence-electron chi connectivity index (χ1n) is 9.92. The van der Waals surface area contributed by atoms with E-state index in [9.17, 15) is 4.79 Å². The predicted molar refractivity (Wildman–Crippen MR) is 116 cm³/mol. The topological polar surface area (TPSA) is 43.2 Å². The third-order valence-corrected chi connectivity index (χ3v) is 6.96. The lowest BCUT2D eigenvalue weighted by Gasteiger charge is -2.32. The lowest BCUT2D eigenvalue weighted by atomic mass is 10.1. The molecule has 4 rings (SSSR count). The molecule has 3 aromatic rings. The smallest absolute Gasteiger partial charge is 0.264 e. The number of ether oxygens (including phenoxy) is 2. The molecule has 0 radical (unpaired) electrons. The Hall–Kier alpha value is -2.57. The molecule has 0 saturated carbocycles. The number of methoxy groups -OCH3 is 2. The quantitative estimate of drug-likeness (QED) is 0.702. The van der Waals surface area contributed by atoms with Gasteiger partial charge in [0.1, 0.15) is 6.54 Å². The molecule has 0 aliphatic carbocycles. The highest BCUT2D eigenvalue weighted by atomic mass is 32.1. The first-order chi connectivity index (χ1) is 14.1. The number of fused-ring (bicyclic) bond motifs is 1. The Kier molecular flexibility index (Phi) is 5.74. The number of hydrogen-bond acceptors (Lipinski definition) is 4. The number of quaternary nitrogens is 1. The molecular weight excluding hydrogens is 384 g/mol. The van der Waals surface area contributed by atoms with Gasteiger partial charge in [0.25, 0.3) is 5.91 Å². The van der Waals surface area contributed by atoms with Gasteiger partial charge in [0.15, 0.2) is 11.5 Å². The van der Waals surface area contributed by atoms with E-state index in [1.807, 2.05) is 29.2 Å². The summed E-state index contributed by atoms with van der Waals surface area (Å²) in [6.07, 6.45) is 0. The molecule has 1 amide bonds. The summed E-state index contributed by atoms with van der Waals surface area (Å²) in [4.78, 5) is 17.5. The molecule has 2 heterocycles. The van der Waals surface area contributed by atoms with Crippen LogP contribution >= 0.6 is 11.3 Å². The van der Waals surface area contributed by atoms with Gasteiger partial charge in [-0.15, -0.1) is 11.3 Å². The van der Waals surface area contributed by atoms with Crippen LogP contribution in [0.3, 0.4) is 0 Å². The second kappa shape index (κ2) is 8.43. The second-order valence-electron chi connectivity index (χ2n) is 7.46. The van der Waals surface area contributed by atoms with E-state index in [0.29, 0.717) is 0 Å². The molecule has 1 aliphatic heterocycles. The summed E-state index contributed by atoms with van der Waals surface area (Å²) in [7, 11) is 3.31. The molecular formula is C23H27N2O3S+. The maximum atomic E-state index is 13.1. The lowest BCUT2D eigenvalue weighted by molar-refractivity contribution is -0.917. The van der Waals surface area contributed by atoms with Gasteiger partial charge in [-0.1, -0.05) is 18.2 Å². The lowest BCUT2D eigenvalue weighted by Crippen LogP contribution is -3.13. The summed E-state index contributed by atoms with van der Waals surface area (Å²) in [6, 6.07) is 14.3. The van der Waals surface area contributed by atoms with Gasteiger partial charge in [-0.2, -0.15) is 0 Å². The minimum absolute atomic E-state index is 0.175. The fraction of sp³-hybridized carbons (Fsp3) is 0.348. The van der Waals surface area contributed by atoms with Gasteiger partial charge in [-0.3, -0.25) is 4.79 Å². The van der Waals surface area contributed by atoms with Gasteiger partial charge < -0.3 is 19.3 Å². The van der Waals surface area contributed by atoms with Crippen LogP contribution in [0.15, 0.2) is 42.5 Å². The van der Waals surface area contributed by atoms with Gasteiger partial charge in [-0.25, -0.2) is 0 Å². The predicted octanol–water partition coefficient (Wildman–Crippen LogP) is 2.77. The molecule has 5 nitrogen and oxygen atoms in total. The van der Waals surface area contributed by atoms with Gasteiger partial charge in [0, 0.05) is 10.3 Å². The highest BCUT2D eigenvalue weighted by Gasteiger charge is 2.27. The summed E-state index contributed by atoms with van der Waals surface area (Å²) in [5.74, 6) is 1.69. The van der Waals surface area contributed by atoms with E-state index < -0.39 is 0 Å². The molecule has 2 aromatic carbocycles. The summed E-state index contributed by atoms with van der Waals surface area (Å²) < 4.78 is 11.9. The molecule has 0 bridgehead atoms. The Morgan fingerprint density at radius 3 is 2.48 bits per heavy atom. The van der Waals surface area contributed by atoms with E-state index >= 15 is 0 Å². The Morgan fingerprint density at radius 2 is 1.79 bits per heavy atom. The van der Waals surface area contributed by atoms with E-state index in [4.69, 9.17) is 9.47 Å².